The van der Waals surface area contributed by atoms with Crippen LogP contribution < -0.4 is 5.73 Å². The number of benzene rings is 1. The molecule has 2 unspecified atom stereocenters. The summed E-state index contributed by atoms with van der Waals surface area (Å²) in [6.45, 7) is 11.4. The zero-order chi connectivity index (χ0) is 14.8. The minimum atomic E-state index is 0.169. The van der Waals surface area contributed by atoms with Crippen molar-refractivity contribution in [2.24, 2.45) is 11.1 Å². The standard InChI is InChI=1S/C18H30N2/c1-5-18(4)10-12-20(13-11-18)17(15(3)19)16-9-7-6-8-14(16)2/h6-9,15,17H,5,10-13,19H2,1-4H3. The summed E-state index contributed by atoms with van der Waals surface area (Å²) in [5.41, 5.74) is 9.62. The summed E-state index contributed by atoms with van der Waals surface area (Å²) in [7, 11) is 0. The van der Waals surface area contributed by atoms with E-state index in [-0.39, 0.29) is 6.04 Å². The van der Waals surface area contributed by atoms with E-state index in [1.165, 1.54) is 43.5 Å². The molecule has 1 aliphatic heterocycles. The van der Waals surface area contributed by atoms with Gasteiger partial charge in [-0.3, -0.25) is 4.90 Å². The molecule has 1 heterocycles. The Morgan fingerprint density at radius 2 is 1.85 bits per heavy atom. The van der Waals surface area contributed by atoms with Gasteiger partial charge < -0.3 is 5.73 Å². The Morgan fingerprint density at radius 3 is 2.35 bits per heavy atom. The van der Waals surface area contributed by atoms with E-state index in [2.05, 4.69) is 56.9 Å². The van der Waals surface area contributed by atoms with Crippen LogP contribution in [0.2, 0.25) is 0 Å². The van der Waals surface area contributed by atoms with Crippen LogP contribution in [0, 0.1) is 12.3 Å². The molecule has 0 radical (unpaired) electrons. The number of hydrogen-bond acceptors (Lipinski definition) is 2. The summed E-state index contributed by atoms with van der Waals surface area (Å²) in [5, 5.41) is 0. The molecule has 1 saturated heterocycles. The van der Waals surface area contributed by atoms with Gasteiger partial charge in [0.25, 0.3) is 0 Å². The minimum Gasteiger partial charge on any atom is -0.326 e. The predicted octanol–water partition coefficient (Wildman–Crippen LogP) is 3.90. The number of nitrogens with zero attached hydrogens (tertiary/aromatic N) is 1. The fraction of sp³-hybridized carbons (Fsp3) is 0.667. The molecule has 2 N–H and O–H groups in total. The second-order valence-electron chi connectivity index (χ2n) is 6.86. The van der Waals surface area contributed by atoms with E-state index in [4.69, 9.17) is 5.73 Å². The van der Waals surface area contributed by atoms with Crippen molar-refractivity contribution >= 4 is 0 Å². The number of likely N-dealkylation sites (tertiary alicyclic amines) is 1. The molecule has 1 aliphatic rings. The molecule has 0 bridgehead atoms. The van der Waals surface area contributed by atoms with Crippen molar-refractivity contribution in [2.45, 2.75) is 59.0 Å². The smallest absolute Gasteiger partial charge is 0.0499 e. The monoisotopic (exact) mass is 274 g/mol. The second-order valence-corrected chi connectivity index (χ2v) is 6.86. The Labute approximate surface area is 124 Å². The molecule has 1 fully saturated rings. The Balaban J connectivity index is 2.18. The van der Waals surface area contributed by atoms with E-state index >= 15 is 0 Å². The van der Waals surface area contributed by atoms with E-state index in [0.717, 1.165) is 0 Å². The molecular weight excluding hydrogens is 244 g/mol. The van der Waals surface area contributed by atoms with Gasteiger partial charge in [-0.2, -0.15) is 0 Å². The first-order valence-electron chi connectivity index (χ1n) is 8.02. The van der Waals surface area contributed by atoms with Gasteiger partial charge in [0.05, 0.1) is 0 Å². The highest BCUT2D eigenvalue weighted by molar-refractivity contribution is 5.30. The Kier molecular flexibility index (Phi) is 4.87. The molecule has 112 valence electrons. The normalized spacial score (nSPS) is 22.4. The maximum atomic E-state index is 6.33. The summed E-state index contributed by atoms with van der Waals surface area (Å²) in [5.74, 6) is 0. The van der Waals surface area contributed by atoms with Gasteiger partial charge in [0.2, 0.25) is 0 Å². The Morgan fingerprint density at radius 1 is 1.25 bits per heavy atom. The average molecular weight is 274 g/mol. The highest BCUT2D eigenvalue weighted by atomic mass is 15.2. The summed E-state index contributed by atoms with van der Waals surface area (Å²) >= 11 is 0. The zero-order valence-electron chi connectivity index (χ0n) is 13.5. The fourth-order valence-corrected chi connectivity index (χ4v) is 3.43. The highest BCUT2D eigenvalue weighted by Crippen LogP contribution is 2.38. The van der Waals surface area contributed by atoms with E-state index < -0.39 is 0 Å². The summed E-state index contributed by atoms with van der Waals surface area (Å²) in [6, 6.07) is 9.22. The Bertz CT molecular complexity index is 431. The number of piperidine rings is 1. The van der Waals surface area contributed by atoms with Crippen LogP contribution in [0.15, 0.2) is 24.3 Å². The van der Waals surface area contributed by atoms with Gasteiger partial charge in [-0.05, 0) is 56.3 Å². The van der Waals surface area contributed by atoms with Gasteiger partial charge >= 0.3 is 0 Å². The third-order valence-corrected chi connectivity index (χ3v) is 5.26. The molecule has 20 heavy (non-hydrogen) atoms. The summed E-state index contributed by atoms with van der Waals surface area (Å²) < 4.78 is 0. The molecule has 1 aromatic rings. The van der Waals surface area contributed by atoms with Gasteiger partial charge in [-0.25, -0.2) is 0 Å². The van der Waals surface area contributed by atoms with Crippen molar-refractivity contribution in [2.75, 3.05) is 13.1 Å². The lowest BCUT2D eigenvalue weighted by Gasteiger charge is -2.44. The first kappa shape index (κ1) is 15.5. The van der Waals surface area contributed by atoms with Crippen molar-refractivity contribution in [3.05, 3.63) is 35.4 Å². The lowest BCUT2D eigenvalue weighted by Crippen LogP contribution is -2.46. The number of hydrogen-bond donors (Lipinski definition) is 1. The van der Waals surface area contributed by atoms with Crippen molar-refractivity contribution < 1.29 is 0 Å². The second kappa shape index (κ2) is 6.28. The van der Waals surface area contributed by atoms with Crippen LogP contribution >= 0.6 is 0 Å². The molecule has 1 aromatic carbocycles. The van der Waals surface area contributed by atoms with E-state index in [1.54, 1.807) is 0 Å². The number of rotatable bonds is 4. The molecule has 2 heteroatoms. The molecule has 2 rings (SSSR count). The van der Waals surface area contributed by atoms with Crippen LogP contribution in [-0.2, 0) is 0 Å². The summed E-state index contributed by atoms with van der Waals surface area (Å²) in [4.78, 5) is 2.60. The van der Waals surface area contributed by atoms with E-state index in [9.17, 15) is 0 Å². The maximum Gasteiger partial charge on any atom is 0.0499 e. The molecule has 2 atom stereocenters. The van der Waals surface area contributed by atoms with Crippen molar-refractivity contribution in [3.63, 3.8) is 0 Å². The van der Waals surface area contributed by atoms with Gasteiger partial charge in [0.1, 0.15) is 0 Å². The molecule has 0 saturated carbocycles. The van der Waals surface area contributed by atoms with Crippen molar-refractivity contribution in [1.82, 2.24) is 4.90 Å². The molecule has 0 aliphatic carbocycles. The topological polar surface area (TPSA) is 29.3 Å². The first-order valence-corrected chi connectivity index (χ1v) is 8.02. The van der Waals surface area contributed by atoms with Gasteiger partial charge in [-0.1, -0.05) is 44.5 Å². The van der Waals surface area contributed by atoms with Crippen LogP contribution in [0.3, 0.4) is 0 Å². The van der Waals surface area contributed by atoms with E-state index in [0.29, 0.717) is 11.5 Å². The van der Waals surface area contributed by atoms with Gasteiger partial charge in [0, 0.05) is 12.1 Å². The third-order valence-electron chi connectivity index (χ3n) is 5.26. The third kappa shape index (κ3) is 3.24. The van der Waals surface area contributed by atoms with Crippen LogP contribution in [-0.4, -0.2) is 24.0 Å². The van der Waals surface area contributed by atoms with Gasteiger partial charge in [0.15, 0.2) is 0 Å². The average Bonchev–Trinajstić information content (AvgIpc) is 2.43. The molecule has 0 spiro atoms. The quantitative estimate of drug-likeness (QED) is 0.902. The first-order chi connectivity index (χ1) is 9.47. The molecule has 2 nitrogen and oxygen atoms in total. The van der Waals surface area contributed by atoms with Crippen molar-refractivity contribution in [1.29, 1.82) is 0 Å². The fourth-order valence-electron chi connectivity index (χ4n) is 3.43. The minimum absolute atomic E-state index is 0.169. The van der Waals surface area contributed by atoms with Crippen LogP contribution in [0.4, 0.5) is 0 Å². The molecule has 0 aromatic heterocycles. The summed E-state index contributed by atoms with van der Waals surface area (Å²) in [6.07, 6.45) is 3.87. The van der Waals surface area contributed by atoms with Gasteiger partial charge in [-0.15, -0.1) is 0 Å². The zero-order valence-corrected chi connectivity index (χ0v) is 13.5. The SMILES string of the molecule is CCC1(C)CCN(C(c2ccccc2C)C(C)N)CC1. The Hall–Kier alpha value is -0.860. The predicted molar refractivity (Wildman–Crippen MR) is 86.8 cm³/mol. The molecular formula is C18H30N2. The lowest BCUT2D eigenvalue weighted by atomic mass is 9.77. The van der Waals surface area contributed by atoms with Crippen LogP contribution in [0.1, 0.15) is 57.2 Å². The largest absolute Gasteiger partial charge is 0.326 e. The highest BCUT2D eigenvalue weighted by Gasteiger charge is 2.33. The maximum absolute atomic E-state index is 6.33. The van der Waals surface area contributed by atoms with Crippen LogP contribution in [0.5, 0.6) is 0 Å². The number of aryl methyl sites for hydroxylation is 1. The number of nitrogens with two attached hydrogens (primary N) is 1. The van der Waals surface area contributed by atoms with Crippen LogP contribution in [0.25, 0.3) is 0 Å². The molecule has 0 amide bonds. The van der Waals surface area contributed by atoms with E-state index in [1.807, 2.05) is 0 Å². The lowest BCUT2D eigenvalue weighted by molar-refractivity contribution is 0.0719. The van der Waals surface area contributed by atoms with Crippen molar-refractivity contribution in [3.8, 4) is 0 Å².